The number of carboxylic acid groups (broad SMARTS) is 1. The lowest BCUT2D eigenvalue weighted by Gasteiger charge is -2.17. The fourth-order valence-electron chi connectivity index (χ4n) is 1.75. The molecular formula is C13H12F2N2O2S. The lowest BCUT2D eigenvalue weighted by molar-refractivity contribution is 0.0696. The van der Waals surface area contributed by atoms with Crippen LogP contribution in [-0.2, 0) is 0 Å². The van der Waals surface area contributed by atoms with Gasteiger partial charge in [0.2, 0.25) is 0 Å². The number of halogens is 2. The van der Waals surface area contributed by atoms with Gasteiger partial charge in [-0.2, -0.15) is 0 Å². The molecule has 0 saturated carbocycles. The standard InChI is InChI=1S/C13H12F2N2O2S/c1-2-10(12-16-3-4-20-12)17-11-8(14)5-7(13(18)19)6-9(11)15/h3-6,10,17H,2H2,1H3,(H,18,19). The zero-order valence-corrected chi connectivity index (χ0v) is 11.4. The van der Waals surface area contributed by atoms with Crippen LogP contribution >= 0.6 is 11.3 Å². The molecule has 0 aliphatic carbocycles. The van der Waals surface area contributed by atoms with Crippen molar-refractivity contribution in [2.75, 3.05) is 5.32 Å². The summed E-state index contributed by atoms with van der Waals surface area (Å²) in [7, 11) is 0. The number of aromatic nitrogens is 1. The highest BCUT2D eigenvalue weighted by Crippen LogP contribution is 2.28. The van der Waals surface area contributed by atoms with Crippen molar-refractivity contribution < 1.29 is 18.7 Å². The van der Waals surface area contributed by atoms with E-state index in [1.807, 2.05) is 6.92 Å². The maximum absolute atomic E-state index is 13.8. The SMILES string of the molecule is CCC(Nc1c(F)cc(C(=O)O)cc1F)c1nccs1. The van der Waals surface area contributed by atoms with Crippen LogP contribution in [0.4, 0.5) is 14.5 Å². The summed E-state index contributed by atoms with van der Waals surface area (Å²) in [5, 5.41) is 14.0. The molecule has 4 nitrogen and oxygen atoms in total. The summed E-state index contributed by atoms with van der Waals surface area (Å²) in [5.74, 6) is -3.24. The van der Waals surface area contributed by atoms with Crippen LogP contribution in [-0.4, -0.2) is 16.1 Å². The molecule has 0 saturated heterocycles. The highest BCUT2D eigenvalue weighted by Gasteiger charge is 2.19. The minimum atomic E-state index is -1.37. The topological polar surface area (TPSA) is 62.2 Å². The predicted molar refractivity (Wildman–Crippen MR) is 72.1 cm³/mol. The van der Waals surface area contributed by atoms with E-state index in [9.17, 15) is 13.6 Å². The van der Waals surface area contributed by atoms with Gasteiger partial charge >= 0.3 is 5.97 Å². The number of hydrogen-bond acceptors (Lipinski definition) is 4. The van der Waals surface area contributed by atoms with Gasteiger partial charge in [-0.25, -0.2) is 18.6 Å². The number of carbonyl (C=O) groups is 1. The third kappa shape index (κ3) is 2.93. The second-order valence-electron chi connectivity index (χ2n) is 4.10. The molecule has 0 aliphatic heterocycles. The van der Waals surface area contributed by atoms with E-state index in [2.05, 4.69) is 10.3 Å². The van der Waals surface area contributed by atoms with Crippen molar-refractivity contribution in [3.63, 3.8) is 0 Å². The molecule has 2 rings (SSSR count). The maximum atomic E-state index is 13.8. The van der Waals surface area contributed by atoms with Crippen molar-refractivity contribution in [2.45, 2.75) is 19.4 Å². The Morgan fingerprint density at radius 2 is 2.10 bits per heavy atom. The molecule has 0 aliphatic rings. The van der Waals surface area contributed by atoms with Gasteiger partial charge in [-0.15, -0.1) is 11.3 Å². The normalized spacial score (nSPS) is 12.2. The Kier molecular flexibility index (Phi) is 4.29. The van der Waals surface area contributed by atoms with Gasteiger partial charge in [0.05, 0.1) is 11.6 Å². The van der Waals surface area contributed by atoms with Crippen LogP contribution < -0.4 is 5.32 Å². The van der Waals surface area contributed by atoms with Crippen molar-refractivity contribution in [1.82, 2.24) is 4.98 Å². The Morgan fingerprint density at radius 1 is 1.45 bits per heavy atom. The molecule has 0 spiro atoms. The van der Waals surface area contributed by atoms with E-state index in [0.717, 1.165) is 12.1 Å². The summed E-state index contributed by atoms with van der Waals surface area (Å²) in [6.07, 6.45) is 2.21. The van der Waals surface area contributed by atoms with Gasteiger partial charge in [0.25, 0.3) is 0 Å². The van der Waals surface area contributed by atoms with Crippen LogP contribution in [0.15, 0.2) is 23.7 Å². The summed E-state index contributed by atoms with van der Waals surface area (Å²) in [6.45, 7) is 1.86. The zero-order chi connectivity index (χ0) is 14.7. The Morgan fingerprint density at radius 3 is 2.55 bits per heavy atom. The molecule has 0 fully saturated rings. The smallest absolute Gasteiger partial charge is 0.335 e. The molecule has 2 N–H and O–H groups in total. The molecule has 1 aromatic heterocycles. The maximum Gasteiger partial charge on any atom is 0.335 e. The van der Waals surface area contributed by atoms with E-state index in [1.54, 1.807) is 11.6 Å². The van der Waals surface area contributed by atoms with Gasteiger partial charge < -0.3 is 10.4 Å². The van der Waals surface area contributed by atoms with Crippen molar-refractivity contribution in [1.29, 1.82) is 0 Å². The monoisotopic (exact) mass is 298 g/mol. The van der Waals surface area contributed by atoms with Crippen LogP contribution in [0.25, 0.3) is 0 Å². The van der Waals surface area contributed by atoms with Crippen LogP contribution in [0.3, 0.4) is 0 Å². The van der Waals surface area contributed by atoms with Gasteiger partial charge in [0, 0.05) is 11.6 Å². The summed E-state index contributed by atoms with van der Waals surface area (Å²) >= 11 is 1.38. The van der Waals surface area contributed by atoms with Gasteiger partial charge in [0.1, 0.15) is 22.3 Å². The quantitative estimate of drug-likeness (QED) is 0.884. The van der Waals surface area contributed by atoms with Crippen molar-refractivity contribution in [2.24, 2.45) is 0 Å². The molecule has 0 bridgehead atoms. The lowest BCUT2D eigenvalue weighted by Crippen LogP contribution is -2.13. The first-order valence-corrected chi connectivity index (χ1v) is 6.79. The summed E-state index contributed by atoms with van der Waals surface area (Å²) in [5.41, 5.74) is -0.759. The van der Waals surface area contributed by atoms with E-state index >= 15 is 0 Å². The molecule has 20 heavy (non-hydrogen) atoms. The number of aromatic carboxylic acids is 1. The van der Waals surface area contributed by atoms with Crippen LogP contribution in [0, 0.1) is 11.6 Å². The largest absolute Gasteiger partial charge is 0.478 e. The first-order valence-electron chi connectivity index (χ1n) is 5.91. The van der Waals surface area contributed by atoms with E-state index in [4.69, 9.17) is 5.11 Å². The summed E-state index contributed by atoms with van der Waals surface area (Å²) in [6, 6.07) is 1.26. The minimum absolute atomic E-state index is 0.324. The number of benzene rings is 1. The predicted octanol–water partition coefficient (Wildman–Crippen LogP) is 3.68. The molecule has 1 aromatic carbocycles. The first-order chi connectivity index (χ1) is 9.52. The molecule has 106 valence electrons. The van der Waals surface area contributed by atoms with E-state index in [1.165, 1.54) is 11.3 Å². The highest BCUT2D eigenvalue weighted by atomic mass is 32.1. The van der Waals surface area contributed by atoms with Crippen LogP contribution in [0.5, 0.6) is 0 Å². The fourth-order valence-corrected chi connectivity index (χ4v) is 2.53. The molecule has 0 amide bonds. The average Bonchev–Trinajstić information content (AvgIpc) is 2.91. The third-order valence-corrected chi connectivity index (χ3v) is 3.65. The molecular weight excluding hydrogens is 286 g/mol. The number of nitrogens with one attached hydrogen (secondary N) is 1. The van der Waals surface area contributed by atoms with E-state index in [-0.39, 0.29) is 11.7 Å². The number of thiazole rings is 1. The number of nitrogens with zero attached hydrogens (tertiary/aromatic N) is 1. The lowest BCUT2D eigenvalue weighted by atomic mass is 10.1. The van der Waals surface area contributed by atoms with Gasteiger partial charge in [0.15, 0.2) is 0 Å². The Labute approximate surface area is 118 Å². The molecule has 1 heterocycles. The first kappa shape index (κ1) is 14.4. The molecule has 7 heteroatoms. The molecule has 1 unspecified atom stereocenters. The fraction of sp³-hybridized carbons (Fsp3) is 0.231. The van der Waals surface area contributed by atoms with Gasteiger partial charge in [-0.05, 0) is 18.6 Å². The second kappa shape index (κ2) is 5.96. The van der Waals surface area contributed by atoms with Crippen molar-refractivity contribution in [3.05, 3.63) is 45.9 Å². The third-order valence-electron chi connectivity index (χ3n) is 2.77. The summed E-state index contributed by atoms with van der Waals surface area (Å²) < 4.78 is 27.7. The molecule has 0 radical (unpaired) electrons. The Hall–Kier alpha value is -2.02. The van der Waals surface area contributed by atoms with E-state index in [0.29, 0.717) is 11.4 Å². The number of hydrogen-bond donors (Lipinski definition) is 2. The number of rotatable bonds is 5. The van der Waals surface area contributed by atoms with Crippen molar-refractivity contribution in [3.8, 4) is 0 Å². The number of carboxylic acids is 1. The number of anilines is 1. The van der Waals surface area contributed by atoms with E-state index < -0.39 is 23.2 Å². The Balaban J connectivity index is 2.31. The molecule has 1 atom stereocenters. The summed E-state index contributed by atoms with van der Waals surface area (Å²) in [4.78, 5) is 14.8. The Bertz CT molecular complexity index is 594. The molecule has 2 aromatic rings. The van der Waals surface area contributed by atoms with Crippen LogP contribution in [0.1, 0.15) is 34.8 Å². The van der Waals surface area contributed by atoms with Gasteiger partial charge in [-0.3, -0.25) is 0 Å². The second-order valence-corrected chi connectivity index (χ2v) is 5.02. The van der Waals surface area contributed by atoms with Gasteiger partial charge in [-0.1, -0.05) is 6.92 Å². The highest BCUT2D eigenvalue weighted by molar-refractivity contribution is 7.09. The van der Waals surface area contributed by atoms with Crippen LogP contribution in [0.2, 0.25) is 0 Å². The average molecular weight is 298 g/mol. The zero-order valence-electron chi connectivity index (χ0n) is 10.6. The van der Waals surface area contributed by atoms with Crippen molar-refractivity contribution >= 4 is 23.0 Å². The minimum Gasteiger partial charge on any atom is -0.478 e.